The monoisotopic (exact) mass is 368 g/mol. The molecule has 0 saturated carbocycles. The number of amides is 1. The maximum Gasteiger partial charge on any atom is 0.277 e. The van der Waals surface area contributed by atoms with Gasteiger partial charge in [0.05, 0.1) is 12.3 Å². The van der Waals surface area contributed by atoms with Crippen LogP contribution in [0.5, 0.6) is 0 Å². The van der Waals surface area contributed by atoms with E-state index >= 15 is 0 Å². The molecule has 27 heavy (non-hydrogen) atoms. The van der Waals surface area contributed by atoms with E-state index in [-0.39, 0.29) is 24.6 Å². The van der Waals surface area contributed by atoms with E-state index in [1.807, 2.05) is 30.3 Å². The van der Waals surface area contributed by atoms with Gasteiger partial charge in [-0.15, -0.1) is 0 Å². The normalized spacial score (nSPS) is 11.1. The van der Waals surface area contributed by atoms with Crippen LogP contribution in [-0.4, -0.2) is 43.7 Å². The second-order valence-electron chi connectivity index (χ2n) is 6.54. The summed E-state index contributed by atoms with van der Waals surface area (Å²) >= 11 is 0. The molecule has 1 amide bonds. The maximum absolute atomic E-state index is 12.9. The fourth-order valence-corrected chi connectivity index (χ4v) is 3.04. The lowest BCUT2D eigenvalue weighted by Crippen LogP contribution is -2.34. The fraction of sp³-hybridized carbons (Fsp3) is 0.350. The molecule has 0 aliphatic carbocycles. The van der Waals surface area contributed by atoms with Gasteiger partial charge in [-0.25, -0.2) is 4.52 Å². The number of carbonyl (C=O) groups is 1. The van der Waals surface area contributed by atoms with Crippen LogP contribution in [0.25, 0.3) is 16.8 Å². The molecule has 0 fully saturated rings. The number of aliphatic hydroxyl groups excluding tert-OH is 1. The van der Waals surface area contributed by atoms with E-state index in [4.69, 9.17) is 0 Å². The quantitative estimate of drug-likeness (QED) is 0.691. The first-order chi connectivity index (χ1) is 13.1. The second-order valence-corrected chi connectivity index (χ2v) is 6.54. The summed E-state index contributed by atoms with van der Waals surface area (Å²) in [5, 5.41) is 14.3. The third-order valence-electron chi connectivity index (χ3n) is 4.64. The van der Waals surface area contributed by atoms with E-state index in [0.29, 0.717) is 23.3 Å². The van der Waals surface area contributed by atoms with Crippen molar-refractivity contribution in [2.75, 3.05) is 13.6 Å². The Morgan fingerprint density at radius 2 is 1.96 bits per heavy atom. The van der Waals surface area contributed by atoms with Gasteiger partial charge in [0.1, 0.15) is 12.1 Å². The van der Waals surface area contributed by atoms with Crippen molar-refractivity contribution in [3.63, 3.8) is 0 Å². The molecule has 3 aromatic rings. The lowest BCUT2D eigenvalue weighted by Gasteiger charge is -2.17. The minimum atomic E-state index is -0.339. The van der Waals surface area contributed by atoms with Crippen LogP contribution >= 0.6 is 0 Å². The summed E-state index contributed by atoms with van der Waals surface area (Å²) in [6.45, 7) is 2.39. The van der Waals surface area contributed by atoms with Crippen molar-refractivity contribution in [1.82, 2.24) is 19.1 Å². The van der Waals surface area contributed by atoms with Gasteiger partial charge in [0.2, 0.25) is 5.91 Å². The highest BCUT2D eigenvalue weighted by atomic mass is 16.3. The number of rotatable bonds is 7. The van der Waals surface area contributed by atoms with Crippen molar-refractivity contribution >= 4 is 11.4 Å². The Labute approximate surface area is 157 Å². The molecule has 1 N–H and O–H groups in total. The Balaban J connectivity index is 2.00. The number of carbonyl (C=O) groups excluding carboxylic acids is 1. The topological polar surface area (TPSA) is 79.8 Å². The molecule has 0 radical (unpaired) electrons. The van der Waals surface area contributed by atoms with Crippen LogP contribution in [-0.2, 0) is 17.9 Å². The molecule has 1 aromatic carbocycles. The summed E-state index contributed by atoms with van der Waals surface area (Å²) in [5.74, 6) is -0.122. The lowest BCUT2D eigenvalue weighted by atomic mass is 10.1. The van der Waals surface area contributed by atoms with Crippen LogP contribution in [0, 0.1) is 0 Å². The lowest BCUT2D eigenvalue weighted by molar-refractivity contribution is -0.130. The van der Waals surface area contributed by atoms with E-state index in [9.17, 15) is 14.7 Å². The molecule has 0 unspecified atom stereocenters. The zero-order chi connectivity index (χ0) is 19.4. The number of aliphatic hydroxyl groups is 1. The number of hydrogen-bond acceptors (Lipinski definition) is 4. The van der Waals surface area contributed by atoms with Crippen LogP contribution in [0.15, 0.2) is 47.5 Å². The van der Waals surface area contributed by atoms with E-state index < -0.39 is 0 Å². The predicted octanol–water partition coefficient (Wildman–Crippen LogP) is 1.91. The average Bonchev–Trinajstić information content (AvgIpc) is 3.08. The predicted molar refractivity (Wildman–Crippen MR) is 103 cm³/mol. The number of unbranched alkanes of at least 4 members (excludes halogenated alkanes) is 1. The molecule has 2 aromatic heterocycles. The van der Waals surface area contributed by atoms with Gasteiger partial charge in [0.25, 0.3) is 5.56 Å². The van der Waals surface area contributed by atoms with Gasteiger partial charge in [-0.1, -0.05) is 43.7 Å². The highest BCUT2D eigenvalue weighted by molar-refractivity contribution is 5.76. The smallest absolute Gasteiger partial charge is 0.277 e. The van der Waals surface area contributed by atoms with Crippen LogP contribution in [0.3, 0.4) is 0 Å². The number of hydrogen-bond donors (Lipinski definition) is 1. The molecular formula is C20H24N4O3. The minimum absolute atomic E-state index is 0.0354. The molecule has 0 aliphatic rings. The summed E-state index contributed by atoms with van der Waals surface area (Å²) in [6, 6.07) is 9.41. The molecule has 0 aliphatic heterocycles. The Morgan fingerprint density at radius 1 is 1.22 bits per heavy atom. The number of fused-ring (bicyclic) bond motifs is 1. The minimum Gasteiger partial charge on any atom is -0.392 e. The highest BCUT2D eigenvalue weighted by Crippen LogP contribution is 2.24. The van der Waals surface area contributed by atoms with Crippen LogP contribution in [0.1, 0.15) is 25.3 Å². The van der Waals surface area contributed by atoms with Gasteiger partial charge in [0.15, 0.2) is 0 Å². The van der Waals surface area contributed by atoms with E-state index in [2.05, 4.69) is 12.0 Å². The van der Waals surface area contributed by atoms with Gasteiger partial charge < -0.3 is 14.6 Å². The number of nitrogens with zero attached hydrogens (tertiary/aromatic N) is 4. The van der Waals surface area contributed by atoms with Crippen molar-refractivity contribution in [2.45, 2.75) is 32.9 Å². The van der Waals surface area contributed by atoms with Gasteiger partial charge in [-0.3, -0.25) is 9.59 Å². The maximum atomic E-state index is 12.9. The van der Waals surface area contributed by atoms with Crippen molar-refractivity contribution in [3.8, 4) is 11.3 Å². The standard InChI is InChI=1S/C20H24N4O3/c1-3-4-10-22(2)17(26)13-23-11-12-24-19(20(23)27)16(14-25)18(21-24)15-8-6-5-7-9-15/h5-9,11-12,25H,3-4,10,13-14H2,1-2H3. The summed E-state index contributed by atoms with van der Waals surface area (Å²) in [7, 11) is 1.74. The van der Waals surface area contributed by atoms with Crippen molar-refractivity contribution in [2.24, 2.45) is 0 Å². The Kier molecular flexibility index (Phi) is 5.71. The van der Waals surface area contributed by atoms with Gasteiger partial charge >= 0.3 is 0 Å². The largest absolute Gasteiger partial charge is 0.392 e. The fourth-order valence-electron chi connectivity index (χ4n) is 3.04. The number of aromatic nitrogens is 3. The van der Waals surface area contributed by atoms with Crippen LogP contribution < -0.4 is 5.56 Å². The summed E-state index contributed by atoms with van der Waals surface area (Å²) in [5.41, 5.74) is 1.81. The summed E-state index contributed by atoms with van der Waals surface area (Å²) < 4.78 is 2.84. The van der Waals surface area contributed by atoms with Gasteiger partial charge in [-0.05, 0) is 6.42 Å². The first kappa shape index (κ1) is 18.8. The molecule has 7 heteroatoms. The molecule has 3 rings (SSSR count). The third-order valence-corrected chi connectivity index (χ3v) is 4.64. The van der Waals surface area contributed by atoms with Crippen LogP contribution in [0.4, 0.5) is 0 Å². The van der Waals surface area contributed by atoms with Crippen molar-refractivity contribution < 1.29 is 9.90 Å². The molecule has 7 nitrogen and oxygen atoms in total. The zero-order valence-corrected chi connectivity index (χ0v) is 15.6. The van der Waals surface area contributed by atoms with Crippen molar-refractivity contribution in [3.05, 3.63) is 58.6 Å². The first-order valence-electron chi connectivity index (χ1n) is 9.07. The Morgan fingerprint density at radius 3 is 2.63 bits per heavy atom. The number of benzene rings is 1. The summed E-state index contributed by atoms with van der Waals surface area (Å²) in [6.07, 6.45) is 5.13. The molecular weight excluding hydrogens is 344 g/mol. The Bertz CT molecular complexity index is 992. The first-order valence-corrected chi connectivity index (χ1v) is 9.07. The molecule has 0 saturated heterocycles. The second kappa shape index (κ2) is 8.18. The molecule has 0 bridgehead atoms. The molecule has 142 valence electrons. The molecule has 0 atom stereocenters. The SMILES string of the molecule is CCCCN(C)C(=O)Cn1ccn2nc(-c3ccccc3)c(CO)c2c1=O. The Hall–Kier alpha value is -2.93. The van der Waals surface area contributed by atoms with Crippen LogP contribution in [0.2, 0.25) is 0 Å². The summed E-state index contributed by atoms with van der Waals surface area (Å²) in [4.78, 5) is 27.0. The third kappa shape index (κ3) is 3.78. The van der Waals surface area contributed by atoms with E-state index in [0.717, 1.165) is 18.4 Å². The van der Waals surface area contributed by atoms with E-state index in [1.165, 1.54) is 9.08 Å². The highest BCUT2D eigenvalue weighted by Gasteiger charge is 2.19. The van der Waals surface area contributed by atoms with Crippen molar-refractivity contribution in [1.29, 1.82) is 0 Å². The zero-order valence-electron chi connectivity index (χ0n) is 15.6. The van der Waals surface area contributed by atoms with Gasteiger partial charge in [0, 0.05) is 37.1 Å². The van der Waals surface area contributed by atoms with Gasteiger partial charge in [-0.2, -0.15) is 5.10 Å². The average molecular weight is 368 g/mol. The molecule has 2 heterocycles. The molecule has 0 spiro atoms. The number of likely N-dealkylation sites (N-methyl/N-ethyl adjacent to an activating group) is 1. The van der Waals surface area contributed by atoms with E-state index in [1.54, 1.807) is 24.3 Å².